The van der Waals surface area contributed by atoms with Crippen molar-refractivity contribution in [3.63, 3.8) is 0 Å². The number of fused-ring (bicyclic) bond motifs is 1. The second kappa shape index (κ2) is 4.79. The number of aryl methyl sites for hydroxylation is 2. The van der Waals surface area contributed by atoms with Crippen LogP contribution in [0, 0.1) is 11.3 Å². The molecule has 4 heteroatoms. The van der Waals surface area contributed by atoms with Crippen LogP contribution in [0.1, 0.15) is 23.2 Å². The third-order valence-corrected chi connectivity index (χ3v) is 4.04. The SMILES string of the molecule is N#Cc1nccnc1Sc1ccc2c(c1)CCC2. The molecule has 88 valence electrons. The van der Waals surface area contributed by atoms with Crippen molar-refractivity contribution in [2.24, 2.45) is 0 Å². The first-order valence-electron chi connectivity index (χ1n) is 5.87. The Hall–Kier alpha value is -1.86. The number of rotatable bonds is 2. The number of benzene rings is 1. The zero-order chi connectivity index (χ0) is 12.4. The molecule has 0 bridgehead atoms. The summed E-state index contributed by atoms with van der Waals surface area (Å²) in [5.41, 5.74) is 3.28. The van der Waals surface area contributed by atoms with Gasteiger partial charge < -0.3 is 0 Å². The van der Waals surface area contributed by atoms with Gasteiger partial charge in [-0.05, 0) is 42.5 Å². The summed E-state index contributed by atoms with van der Waals surface area (Å²) >= 11 is 1.51. The lowest BCUT2D eigenvalue weighted by Crippen LogP contribution is -1.90. The van der Waals surface area contributed by atoms with Crippen LogP contribution < -0.4 is 0 Å². The first-order chi connectivity index (χ1) is 8.86. The molecule has 1 aliphatic rings. The van der Waals surface area contributed by atoms with E-state index in [2.05, 4.69) is 34.2 Å². The van der Waals surface area contributed by atoms with Crippen molar-refractivity contribution in [3.05, 3.63) is 47.4 Å². The van der Waals surface area contributed by atoms with E-state index < -0.39 is 0 Å². The van der Waals surface area contributed by atoms with Gasteiger partial charge in [0, 0.05) is 17.3 Å². The van der Waals surface area contributed by atoms with Gasteiger partial charge in [-0.15, -0.1) is 0 Å². The van der Waals surface area contributed by atoms with Crippen molar-refractivity contribution in [1.82, 2.24) is 9.97 Å². The van der Waals surface area contributed by atoms with Crippen LogP contribution in [-0.2, 0) is 12.8 Å². The third kappa shape index (κ3) is 2.09. The normalized spacial score (nSPS) is 13.1. The summed E-state index contributed by atoms with van der Waals surface area (Å²) in [6.45, 7) is 0. The maximum atomic E-state index is 8.99. The van der Waals surface area contributed by atoms with Crippen molar-refractivity contribution in [2.45, 2.75) is 29.2 Å². The number of nitriles is 1. The minimum absolute atomic E-state index is 0.392. The van der Waals surface area contributed by atoms with E-state index in [0.29, 0.717) is 10.7 Å². The molecule has 1 heterocycles. The van der Waals surface area contributed by atoms with E-state index in [-0.39, 0.29) is 0 Å². The maximum Gasteiger partial charge on any atom is 0.173 e. The van der Waals surface area contributed by atoms with E-state index in [4.69, 9.17) is 5.26 Å². The van der Waals surface area contributed by atoms with Gasteiger partial charge in [-0.1, -0.05) is 17.8 Å². The summed E-state index contributed by atoms with van der Waals surface area (Å²) in [6.07, 6.45) is 6.77. The third-order valence-electron chi connectivity index (χ3n) is 3.06. The zero-order valence-electron chi connectivity index (χ0n) is 9.76. The summed E-state index contributed by atoms with van der Waals surface area (Å²) in [7, 11) is 0. The molecule has 1 aromatic carbocycles. The number of hydrogen-bond acceptors (Lipinski definition) is 4. The van der Waals surface area contributed by atoms with Crippen molar-refractivity contribution >= 4 is 11.8 Å². The fourth-order valence-electron chi connectivity index (χ4n) is 2.20. The number of aromatic nitrogens is 2. The first-order valence-corrected chi connectivity index (χ1v) is 6.69. The highest BCUT2D eigenvalue weighted by Gasteiger charge is 2.12. The quantitative estimate of drug-likeness (QED) is 0.825. The van der Waals surface area contributed by atoms with Gasteiger partial charge in [0.1, 0.15) is 11.1 Å². The second-order valence-electron chi connectivity index (χ2n) is 4.21. The zero-order valence-corrected chi connectivity index (χ0v) is 10.6. The topological polar surface area (TPSA) is 49.6 Å². The molecule has 1 aromatic heterocycles. The Morgan fingerprint density at radius 3 is 2.83 bits per heavy atom. The van der Waals surface area contributed by atoms with Crippen LogP contribution in [0.25, 0.3) is 0 Å². The number of hydrogen-bond donors (Lipinski definition) is 0. The van der Waals surface area contributed by atoms with Crippen LogP contribution >= 0.6 is 11.8 Å². The Bertz CT molecular complexity index is 631. The summed E-state index contributed by atoms with van der Waals surface area (Å²) in [5, 5.41) is 9.66. The summed E-state index contributed by atoms with van der Waals surface area (Å²) in [4.78, 5) is 9.37. The van der Waals surface area contributed by atoms with E-state index in [1.165, 1.54) is 35.7 Å². The summed E-state index contributed by atoms with van der Waals surface area (Å²) in [6, 6.07) is 8.57. The second-order valence-corrected chi connectivity index (χ2v) is 5.27. The highest BCUT2D eigenvalue weighted by atomic mass is 32.2. The molecule has 0 unspecified atom stereocenters. The highest BCUT2D eigenvalue weighted by Crippen LogP contribution is 2.31. The molecular formula is C14H11N3S. The van der Waals surface area contributed by atoms with Crippen molar-refractivity contribution in [1.29, 1.82) is 5.26 Å². The molecule has 0 radical (unpaired) electrons. The first kappa shape index (κ1) is 11.2. The Kier molecular flexibility index (Phi) is 2.99. The van der Waals surface area contributed by atoms with E-state index >= 15 is 0 Å². The molecule has 3 nitrogen and oxygen atoms in total. The Balaban J connectivity index is 1.91. The molecule has 0 N–H and O–H groups in total. The van der Waals surface area contributed by atoms with Gasteiger partial charge >= 0.3 is 0 Å². The fourth-order valence-corrected chi connectivity index (χ4v) is 3.07. The van der Waals surface area contributed by atoms with Crippen molar-refractivity contribution in [2.75, 3.05) is 0 Å². The van der Waals surface area contributed by atoms with Gasteiger partial charge in [0.15, 0.2) is 5.69 Å². The predicted octanol–water partition coefficient (Wildman–Crippen LogP) is 2.99. The molecule has 0 spiro atoms. The molecule has 2 aromatic rings. The molecule has 18 heavy (non-hydrogen) atoms. The fraction of sp³-hybridized carbons (Fsp3) is 0.214. The Morgan fingerprint density at radius 2 is 1.94 bits per heavy atom. The van der Waals surface area contributed by atoms with Crippen LogP contribution in [-0.4, -0.2) is 9.97 Å². The molecule has 0 aliphatic heterocycles. The van der Waals surface area contributed by atoms with Crippen molar-refractivity contribution in [3.8, 4) is 6.07 Å². The smallest absolute Gasteiger partial charge is 0.173 e. The molecule has 0 fully saturated rings. The monoisotopic (exact) mass is 253 g/mol. The maximum absolute atomic E-state index is 8.99. The molecule has 0 saturated heterocycles. The van der Waals surface area contributed by atoms with Crippen LogP contribution in [0.3, 0.4) is 0 Å². The van der Waals surface area contributed by atoms with Gasteiger partial charge in [-0.2, -0.15) is 5.26 Å². The largest absolute Gasteiger partial charge is 0.245 e. The standard InChI is InChI=1S/C14H11N3S/c15-9-13-14(17-7-6-16-13)18-12-5-4-10-2-1-3-11(10)8-12/h4-8H,1-3H2. The molecule has 3 rings (SSSR count). The lowest BCUT2D eigenvalue weighted by molar-refractivity contribution is 0.911. The van der Waals surface area contributed by atoms with Crippen LogP contribution in [0.15, 0.2) is 40.5 Å². The van der Waals surface area contributed by atoms with Gasteiger partial charge in [0.25, 0.3) is 0 Å². The average Bonchev–Trinajstić information content (AvgIpc) is 2.87. The summed E-state index contributed by atoms with van der Waals surface area (Å²) < 4.78 is 0. The number of nitrogens with zero attached hydrogens (tertiary/aromatic N) is 3. The van der Waals surface area contributed by atoms with E-state index in [0.717, 1.165) is 11.3 Å². The molecule has 0 saturated carbocycles. The van der Waals surface area contributed by atoms with Gasteiger partial charge in [0.05, 0.1) is 0 Å². The Labute approximate surface area is 110 Å². The van der Waals surface area contributed by atoms with Crippen LogP contribution in [0.4, 0.5) is 0 Å². The van der Waals surface area contributed by atoms with Gasteiger partial charge in [0.2, 0.25) is 0 Å². The Morgan fingerprint density at radius 1 is 1.11 bits per heavy atom. The lowest BCUT2D eigenvalue weighted by atomic mass is 10.1. The predicted molar refractivity (Wildman–Crippen MR) is 69.3 cm³/mol. The average molecular weight is 253 g/mol. The molecular weight excluding hydrogens is 242 g/mol. The van der Waals surface area contributed by atoms with E-state index in [1.54, 1.807) is 12.4 Å². The van der Waals surface area contributed by atoms with E-state index in [9.17, 15) is 0 Å². The van der Waals surface area contributed by atoms with Crippen molar-refractivity contribution < 1.29 is 0 Å². The van der Waals surface area contributed by atoms with Gasteiger partial charge in [-0.3, -0.25) is 0 Å². The molecule has 1 aliphatic carbocycles. The van der Waals surface area contributed by atoms with E-state index in [1.807, 2.05) is 0 Å². The lowest BCUT2D eigenvalue weighted by Gasteiger charge is -2.04. The van der Waals surface area contributed by atoms with Crippen LogP contribution in [0.2, 0.25) is 0 Å². The minimum atomic E-state index is 0.392. The minimum Gasteiger partial charge on any atom is -0.245 e. The summed E-state index contributed by atoms with van der Waals surface area (Å²) in [5.74, 6) is 0. The van der Waals surface area contributed by atoms with Crippen LogP contribution in [0.5, 0.6) is 0 Å². The molecule has 0 atom stereocenters. The highest BCUT2D eigenvalue weighted by molar-refractivity contribution is 7.99. The molecule has 0 amide bonds. The van der Waals surface area contributed by atoms with Gasteiger partial charge in [-0.25, -0.2) is 9.97 Å².